The van der Waals surface area contributed by atoms with Gasteiger partial charge < -0.3 is 9.64 Å². The van der Waals surface area contributed by atoms with Gasteiger partial charge in [0.25, 0.3) is 0 Å². The molecule has 3 rings (SSSR count). The van der Waals surface area contributed by atoms with Crippen LogP contribution in [0.25, 0.3) is 10.9 Å². The van der Waals surface area contributed by atoms with Crippen molar-refractivity contribution in [1.82, 2.24) is 9.88 Å². The average molecular weight is 344 g/mol. The molecule has 0 spiro atoms. The highest BCUT2D eigenvalue weighted by atomic mass is 32.2. The maximum absolute atomic E-state index is 12.6. The molecule has 1 amide bonds. The predicted molar refractivity (Wildman–Crippen MR) is 98.7 cm³/mol. The van der Waals surface area contributed by atoms with E-state index in [9.17, 15) is 4.79 Å². The fraction of sp³-hybridized carbons (Fsp3) is 0.474. The number of aromatic nitrogens is 1. The van der Waals surface area contributed by atoms with E-state index >= 15 is 0 Å². The van der Waals surface area contributed by atoms with Crippen molar-refractivity contribution in [2.45, 2.75) is 38.0 Å². The van der Waals surface area contributed by atoms with Crippen molar-refractivity contribution in [3.63, 3.8) is 0 Å². The number of amides is 1. The summed E-state index contributed by atoms with van der Waals surface area (Å²) in [6.45, 7) is 10.9. The van der Waals surface area contributed by atoms with Gasteiger partial charge in [0, 0.05) is 18.5 Å². The summed E-state index contributed by atoms with van der Waals surface area (Å²) in [4.78, 5) is 19.3. The van der Waals surface area contributed by atoms with Gasteiger partial charge in [0.1, 0.15) is 0 Å². The number of fused-ring (bicyclic) bond motifs is 1. The second-order valence-electron chi connectivity index (χ2n) is 6.45. The third kappa shape index (κ3) is 3.57. The quantitative estimate of drug-likeness (QED) is 0.799. The number of hydrogen-bond donors (Lipinski definition) is 0. The Morgan fingerprint density at radius 1 is 1.17 bits per heavy atom. The van der Waals surface area contributed by atoms with Crippen LogP contribution in [0.2, 0.25) is 0 Å². The number of carbonyl (C=O) groups is 1. The maximum atomic E-state index is 12.6. The van der Waals surface area contributed by atoms with E-state index in [4.69, 9.17) is 9.72 Å². The number of hydrogen-bond acceptors (Lipinski definition) is 4. The van der Waals surface area contributed by atoms with Crippen LogP contribution in [0, 0.1) is 20.8 Å². The van der Waals surface area contributed by atoms with Crippen LogP contribution in [0.5, 0.6) is 0 Å². The summed E-state index contributed by atoms with van der Waals surface area (Å²) in [5.41, 5.74) is 4.68. The van der Waals surface area contributed by atoms with E-state index < -0.39 is 0 Å². The molecule has 0 aliphatic carbocycles. The molecule has 0 radical (unpaired) electrons. The summed E-state index contributed by atoms with van der Waals surface area (Å²) in [6, 6.07) is 6.43. The number of morpholine rings is 1. The number of nitrogens with zero attached hydrogens (tertiary/aromatic N) is 2. The number of pyridine rings is 1. The van der Waals surface area contributed by atoms with Gasteiger partial charge in [-0.25, -0.2) is 4.98 Å². The van der Waals surface area contributed by atoms with Gasteiger partial charge in [-0.15, -0.1) is 0 Å². The Kier molecular flexibility index (Phi) is 5.11. The lowest BCUT2D eigenvalue weighted by atomic mass is 10.0. The van der Waals surface area contributed by atoms with E-state index in [1.807, 2.05) is 11.8 Å². The number of thioether (sulfide) groups is 1. The Morgan fingerprint density at radius 3 is 2.58 bits per heavy atom. The van der Waals surface area contributed by atoms with Crippen LogP contribution in [-0.4, -0.2) is 47.3 Å². The Morgan fingerprint density at radius 2 is 1.88 bits per heavy atom. The van der Waals surface area contributed by atoms with Crippen molar-refractivity contribution >= 4 is 28.6 Å². The van der Waals surface area contributed by atoms with Gasteiger partial charge in [0.05, 0.1) is 29.0 Å². The third-order valence-corrected chi connectivity index (χ3v) is 5.41. The number of aryl methyl sites for hydroxylation is 3. The first-order chi connectivity index (χ1) is 11.5. The molecular formula is C19H24N2O2S. The summed E-state index contributed by atoms with van der Waals surface area (Å²) in [7, 11) is 0. The fourth-order valence-electron chi connectivity index (χ4n) is 3.15. The molecular weight excluding hydrogens is 320 g/mol. The van der Waals surface area contributed by atoms with Crippen LogP contribution in [0.1, 0.15) is 23.6 Å². The molecule has 1 aliphatic heterocycles. The summed E-state index contributed by atoms with van der Waals surface area (Å²) < 4.78 is 5.32. The first-order valence-corrected chi connectivity index (χ1v) is 9.25. The smallest absolute Gasteiger partial charge is 0.235 e. The molecule has 128 valence electrons. The Labute approximate surface area is 147 Å². The summed E-state index contributed by atoms with van der Waals surface area (Å²) in [5.74, 6) is 0.170. The topological polar surface area (TPSA) is 42.4 Å². The molecule has 1 aromatic carbocycles. The van der Waals surface area contributed by atoms with E-state index in [0.29, 0.717) is 26.3 Å². The molecule has 1 saturated heterocycles. The molecule has 4 nitrogen and oxygen atoms in total. The SMILES string of the molecule is Cc1cc(C)c2nc(SC(C)C(=O)N3CCOCC3)cc(C)c2c1. The zero-order chi connectivity index (χ0) is 17.3. The standard InChI is InChI=1S/C19H24N2O2S/c1-12-9-14(3)18-16(10-12)13(2)11-17(20-18)24-15(4)19(22)21-5-7-23-8-6-21/h9-11,15H,5-8H2,1-4H3. The zero-order valence-electron chi connectivity index (χ0n) is 14.8. The molecule has 2 aromatic rings. The van der Waals surface area contributed by atoms with Gasteiger partial charge >= 0.3 is 0 Å². The molecule has 1 fully saturated rings. The van der Waals surface area contributed by atoms with E-state index in [2.05, 4.69) is 39.0 Å². The van der Waals surface area contributed by atoms with Gasteiger partial charge in [-0.2, -0.15) is 0 Å². The van der Waals surface area contributed by atoms with Crippen molar-refractivity contribution in [3.8, 4) is 0 Å². The normalized spacial score (nSPS) is 16.4. The van der Waals surface area contributed by atoms with Crippen molar-refractivity contribution in [1.29, 1.82) is 0 Å². The average Bonchev–Trinajstić information content (AvgIpc) is 2.56. The minimum absolute atomic E-state index is 0.141. The lowest BCUT2D eigenvalue weighted by Crippen LogP contribution is -2.44. The molecule has 0 N–H and O–H groups in total. The minimum Gasteiger partial charge on any atom is -0.378 e. The van der Waals surface area contributed by atoms with Gasteiger partial charge in [-0.05, 0) is 51.0 Å². The van der Waals surface area contributed by atoms with Crippen molar-refractivity contribution in [3.05, 3.63) is 34.9 Å². The monoisotopic (exact) mass is 344 g/mol. The number of ether oxygens (including phenoxy) is 1. The van der Waals surface area contributed by atoms with Gasteiger partial charge in [0.2, 0.25) is 5.91 Å². The molecule has 1 atom stereocenters. The lowest BCUT2D eigenvalue weighted by molar-refractivity contribution is -0.134. The summed E-state index contributed by atoms with van der Waals surface area (Å²) >= 11 is 1.54. The Hall–Kier alpha value is -1.59. The zero-order valence-corrected chi connectivity index (χ0v) is 15.6. The highest BCUT2D eigenvalue weighted by Gasteiger charge is 2.23. The van der Waals surface area contributed by atoms with Gasteiger partial charge in [-0.3, -0.25) is 4.79 Å². The Bertz CT molecular complexity index is 770. The van der Waals surface area contributed by atoms with E-state index in [1.54, 1.807) is 11.8 Å². The lowest BCUT2D eigenvalue weighted by Gasteiger charge is -2.29. The van der Waals surface area contributed by atoms with Gasteiger partial charge in [0.15, 0.2) is 0 Å². The fourth-order valence-corrected chi connectivity index (χ4v) is 4.15. The molecule has 0 saturated carbocycles. The molecule has 1 aromatic heterocycles. The number of benzene rings is 1. The minimum atomic E-state index is -0.141. The molecule has 5 heteroatoms. The summed E-state index contributed by atoms with van der Waals surface area (Å²) in [5, 5.41) is 1.98. The second kappa shape index (κ2) is 7.11. The Balaban J connectivity index is 1.83. The maximum Gasteiger partial charge on any atom is 0.235 e. The molecule has 1 unspecified atom stereocenters. The molecule has 2 heterocycles. The van der Waals surface area contributed by atoms with Gasteiger partial charge in [-0.1, -0.05) is 23.4 Å². The van der Waals surface area contributed by atoms with Crippen LogP contribution in [0.3, 0.4) is 0 Å². The van der Waals surface area contributed by atoms with Crippen LogP contribution >= 0.6 is 11.8 Å². The first kappa shape index (κ1) is 17.2. The van der Waals surface area contributed by atoms with Crippen LogP contribution in [0.4, 0.5) is 0 Å². The first-order valence-electron chi connectivity index (χ1n) is 8.37. The summed E-state index contributed by atoms with van der Waals surface area (Å²) in [6.07, 6.45) is 0. The predicted octanol–water partition coefficient (Wildman–Crippen LogP) is 3.50. The van der Waals surface area contributed by atoms with Crippen LogP contribution < -0.4 is 0 Å². The third-order valence-electron chi connectivity index (χ3n) is 4.40. The second-order valence-corrected chi connectivity index (χ2v) is 7.81. The van der Waals surface area contributed by atoms with E-state index in [1.165, 1.54) is 22.1 Å². The van der Waals surface area contributed by atoms with Crippen LogP contribution in [-0.2, 0) is 9.53 Å². The van der Waals surface area contributed by atoms with Crippen molar-refractivity contribution < 1.29 is 9.53 Å². The van der Waals surface area contributed by atoms with Crippen LogP contribution in [0.15, 0.2) is 23.2 Å². The molecule has 24 heavy (non-hydrogen) atoms. The highest BCUT2D eigenvalue weighted by molar-refractivity contribution is 8.00. The van der Waals surface area contributed by atoms with E-state index in [0.717, 1.165) is 10.5 Å². The van der Waals surface area contributed by atoms with Crippen molar-refractivity contribution in [2.24, 2.45) is 0 Å². The number of rotatable bonds is 3. The largest absolute Gasteiger partial charge is 0.378 e. The number of carbonyl (C=O) groups excluding carboxylic acids is 1. The van der Waals surface area contributed by atoms with E-state index in [-0.39, 0.29) is 11.2 Å². The molecule has 1 aliphatic rings. The highest BCUT2D eigenvalue weighted by Crippen LogP contribution is 2.29. The van der Waals surface area contributed by atoms with Crippen molar-refractivity contribution in [2.75, 3.05) is 26.3 Å². The molecule has 0 bridgehead atoms.